The summed E-state index contributed by atoms with van der Waals surface area (Å²) >= 11 is 0. The zero-order valence-corrected chi connectivity index (χ0v) is 30.6. The Kier molecular flexibility index (Phi) is 7.64. The van der Waals surface area contributed by atoms with Gasteiger partial charge in [0.1, 0.15) is 0 Å². The molecule has 8 aromatic rings. The minimum atomic E-state index is -0.403. The molecule has 260 valence electrons. The lowest BCUT2D eigenvalue weighted by molar-refractivity contribution is 0.715. The van der Waals surface area contributed by atoms with Crippen molar-refractivity contribution in [1.82, 2.24) is 15.0 Å². The van der Waals surface area contributed by atoms with Crippen LogP contribution in [0.1, 0.15) is 45.9 Å². The van der Waals surface area contributed by atoms with Crippen molar-refractivity contribution in [2.75, 3.05) is 0 Å². The lowest BCUT2D eigenvalue weighted by atomic mass is 9.72. The molecule has 3 heteroatoms. The molecule has 0 N–H and O–H groups in total. The van der Waals surface area contributed by atoms with E-state index >= 15 is 0 Å². The predicted molar refractivity (Wildman–Crippen MR) is 227 cm³/mol. The molecule has 0 saturated heterocycles. The second kappa shape index (κ2) is 12.9. The van der Waals surface area contributed by atoms with Crippen molar-refractivity contribution >= 4 is 12.2 Å². The first kappa shape index (κ1) is 32.7. The second-order valence-corrected chi connectivity index (χ2v) is 14.5. The summed E-state index contributed by atoms with van der Waals surface area (Å²) in [5, 5.41) is 0. The van der Waals surface area contributed by atoms with Crippen LogP contribution in [0.2, 0.25) is 0 Å². The summed E-state index contributed by atoms with van der Waals surface area (Å²) in [6.07, 6.45) is 4.72. The van der Waals surface area contributed by atoms with Crippen LogP contribution in [0.15, 0.2) is 171 Å². The maximum atomic E-state index is 5.33. The molecular weight excluding hydrogens is 667 g/mol. The van der Waals surface area contributed by atoms with Crippen LogP contribution < -0.4 is 0 Å². The molecule has 0 fully saturated rings. The summed E-state index contributed by atoms with van der Waals surface area (Å²) in [5.41, 5.74) is 18.4. The Bertz CT molecular complexity index is 2840. The second-order valence-electron chi connectivity index (χ2n) is 14.5. The van der Waals surface area contributed by atoms with Crippen molar-refractivity contribution < 1.29 is 0 Å². The van der Waals surface area contributed by atoms with E-state index in [1.54, 1.807) is 0 Å². The number of rotatable bonds is 7. The van der Waals surface area contributed by atoms with Crippen LogP contribution in [-0.4, -0.2) is 15.0 Å². The van der Waals surface area contributed by atoms with Gasteiger partial charge in [-0.3, -0.25) is 0 Å². The van der Waals surface area contributed by atoms with E-state index in [4.69, 9.17) is 15.0 Å². The van der Waals surface area contributed by atoms with Crippen molar-refractivity contribution in [3.63, 3.8) is 0 Å². The molecule has 2 aliphatic carbocycles. The van der Waals surface area contributed by atoms with Crippen molar-refractivity contribution in [3.8, 4) is 67.5 Å². The monoisotopic (exact) mass is 703 g/mol. The van der Waals surface area contributed by atoms with Crippen LogP contribution >= 0.6 is 0 Å². The van der Waals surface area contributed by atoms with Gasteiger partial charge in [-0.2, -0.15) is 0 Å². The summed E-state index contributed by atoms with van der Waals surface area (Å²) in [7, 11) is 0. The normalized spacial score (nSPS) is 14.8. The summed E-state index contributed by atoms with van der Waals surface area (Å²) in [6, 6.07) is 56.1. The number of fused-ring (bicyclic) bond motifs is 7. The lowest BCUT2D eigenvalue weighted by Gasteiger charge is -2.30. The van der Waals surface area contributed by atoms with Crippen LogP contribution in [0.4, 0.5) is 0 Å². The highest BCUT2D eigenvalue weighted by atomic mass is 15.0. The van der Waals surface area contributed by atoms with Gasteiger partial charge in [-0.1, -0.05) is 177 Å². The van der Waals surface area contributed by atoms with Gasteiger partial charge in [-0.15, -0.1) is 0 Å². The smallest absolute Gasteiger partial charge is 0.164 e. The quantitative estimate of drug-likeness (QED) is 0.166. The largest absolute Gasteiger partial charge is 0.208 e. The zero-order chi connectivity index (χ0) is 37.1. The molecule has 1 atom stereocenters. The Morgan fingerprint density at radius 3 is 1.93 bits per heavy atom. The number of nitrogens with zero attached hydrogens (tertiary/aromatic N) is 3. The fraction of sp³-hybridized carbons (Fsp3) is 0.0577. The molecule has 0 amide bonds. The molecule has 0 spiro atoms. The number of benzene rings is 7. The summed E-state index contributed by atoms with van der Waals surface area (Å²) in [6.45, 7) is 10.6. The average Bonchev–Trinajstić information content (AvgIpc) is 3.77. The van der Waals surface area contributed by atoms with E-state index in [0.717, 1.165) is 45.4 Å². The van der Waals surface area contributed by atoms with E-state index in [0.29, 0.717) is 17.5 Å². The van der Waals surface area contributed by atoms with E-state index in [2.05, 4.69) is 160 Å². The SMILES string of the molecule is C=Cc1cccc(-c2cccc(-c3nc(-c4ccccc4)nc(-c4cccc5c4-c4ccc6c(c4C5(C)c4ccccc4)-c4ccccc4C6)n3)c2)c1C=C. The molecule has 1 heterocycles. The Morgan fingerprint density at radius 1 is 0.491 bits per heavy atom. The molecule has 1 unspecified atom stereocenters. The minimum absolute atomic E-state index is 0.403. The minimum Gasteiger partial charge on any atom is -0.208 e. The molecule has 1 aromatic heterocycles. The third-order valence-electron chi connectivity index (χ3n) is 11.6. The number of aromatic nitrogens is 3. The summed E-state index contributed by atoms with van der Waals surface area (Å²) < 4.78 is 0. The highest BCUT2D eigenvalue weighted by molar-refractivity contribution is 5.98. The van der Waals surface area contributed by atoms with E-state index < -0.39 is 5.41 Å². The van der Waals surface area contributed by atoms with Crippen LogP contribution in [0, 0.1) is 0 Å². The van der Waals surface area contributed by atoms with Gasteiger partial charge in [-0.25, -0.2) is 15.0 Å². The summed E-state index contributed by atoms with van der Waals surface area (Å²) in [4.78, 5) is 15.7. The standard InChI is InChI=1S/C52H37N3/c1-4-33-20-15-26-41(40(33)5-2)35-21-14-22-38(32-35)50-53-49(34-17-8-6-9-18-34)54-51(55-50)44-27-16-28-45-47(44)43-30-29-37-31-36-19-12-13-25-42(36)46(37)48(43)52(45,3)39-23-10-7-11-24-39/h4-30,32H,1-2,31H2,3H3. The molecule has 0 saturated carbocycles. The van der Waals surface area contributed by atoms with Gasteiger partial charge in [0.05, 0.1) is 0 Å². The van der Waals surface area contributed by atoms with E-state index in [1.165, 1.54) is 50.1 Å². The van der Waals surface area contributed by atoms with E-state index in [-0.39, 0.29) is 0 Å². The summed E-state index contributed by atoms with van der Waals surface area (Å²) in [5.74, 6) is 1.90. The predicted octanol–water partition coefficient (Wildman–Crippen LogP) is 12.7. The topological polar surface area (TPSA) is 38.7 Å². The van der Waals surface area contributed by atoms with Crippen LogP contribution in [0.3, 0.4) is 0 Å². The molecule has 0 bridgehead atoms. The zero-order valence-electron chi connectivity index (χ0n) is 30.6. The third kappa shape index (κ3) is 5.08. The molecule has 0 aliphatic heterocycles. The molecule has 2 aliphatic rings. The number of hydrogen-bond donors (Lipinski definition) is 0. The maximum Gasteiger partial charge on any atom is 0.164 e. The Hall–Kier alpha value is -6.97. The van der Waals surface area contributed by atoms with Crippen molar-refractivity contribution in [2.24, 2.45) is 0 Å². The average molecular weight is 704 g/mol. The first-order valence-corrected chi connectivity index (χ1v) is 18.8. The van der Waals surface area contributed by atoms with Gasteiger partial charge in [0.15, 0.2) is 17.5 Å². The van der Waals surface area contributed by atoms with Gasteiger partial charge in [0.25, 0.3) is 0 Å². The van der Waals surface area contributed by atoms with Crippen molar-refractivity contribution in [3.05, 3.63) is 210 Å². The highest BCUT2D eigenvalue weighted by Gasteiger charge is 2.45. The van der Waals surface area contributed by atoms with Gasteiger partial charge in [0.2, 0.25) is 0 Å². The maximum absolute atomic E-state index is 5.33. The molecule has 55 heavy (non-hydrogen) atoms. The molecule has 7 aromatic carbocycles. The van der Waals surface area contributed by atoms with Gasteiger partial charge >= 0.3 is 0 Å². The first-order valence-electron chi connectivity index (χ1n) is 18.8. The number of hydrogen-bond acceptors (Lipinski definition) is 3. The first-order chi connectivity index (χ1) is 27.1. The Labute approximate surface area is 322 Å². The van der Waals surface area contributed by atoms with Crippen molar-refractivity contribution in [2.45, 2.75) is 18.8 Å². The van der Waals surface area contributed by atoms with Gasteiger partial charge in [-0.05, 0) is 91.7 Å². The molecule has 10 rings (SSSR count). The van der Waals surface area contributed by atoms with Crippen molar-refractivity contribution in [1.29, 1.82) is 0 Å². The fourth-order valence-electron chi connectivity index (χ4n) is 9.01. The lowest BCUT2D eigenvalue weighted by Crippen LogP contribution is -2.23. The molecule has 0 radical (unpaired) electrons. The highest BCUT2D eigenvalue weighted by Crippen LogP contribution is 2.59. The van der Waals surface area contributed by atoms with E-state index in [1.807, 2.05) is 30.4 Å². The van der Waals surface area contributed by atoms with E-state index in [9.17, 15) is 0 Å². The van der Waals surface area contributed by atoms with Crippen LogP contribution in [-0.2, 0) is 11.8 Å². The molecule has 3 nitrogen and oxygen atoms in total. The van der Waals surface area contributed by atoms with Crippen LogP contribution in [0.5, 0.6) is 0 Å². The Balaban J connectivity index is 1.22. The molecular formula is C52H37N3. The van der Waals surface area contributed by atoms with Crippen LogP contribution in [0.25, 0.3) is 79.7 Å². The Morgan fingerprint density at radius 2 is 1.13 bits per heavy atom. The van der Waals surface area contributed by atoms with Gasteiger partial charge in [0, 0.05) is 22.1 Å². The third-order valence-corrected chi connectivity index (χ3v) is 11.6. The van der Waals surface area contributed by atoms with Gasteiger partial charge < -0.3 is 0 Å². The fourth-order valence-corrected chi connectivity index (χ4v) is 9.01.